The highest BCUT2D eigenvalue weighted by atomic mass is 16.7. The zero-order valence-corrected chi connectivity index (χ0v) is 7.22. The van der Waals surface area contributed by atoms with Crippen molar-refractivity contribution < 1.29 is 14.3 Å². The van der Waals surface area contributed by atoms with Crippen molar-refractivity contribution in [3.05, 3.63) is 0 Å². The van der Waals surface area contributed by atoms with Crippen LogP contribution < -0.4 is 0 Å². The number of hydrogen-bond acceptors (Lipinski definition) is 3. The molecule has 1 aliphatic rings. The first kappa shape index (κ1) is 8.68. The van der Waals surface area contributed by atoms with E-state index in [0.717, 1.165) is 0 Å². The standard InChI is InChI=1S/C8H14O3/c1-6(9)7-4-8(5-7,10-2)11-3/h7H,4-5H2,1-3H3. The first-order valence-electron chi connectivity index (χ1n) is 3.74. The number of hydrogen-bond donors (Lipinski definition) is 0. The molecule has 0 bridgehead atoms. The van der Waals surface area contributed by atoms with Crippen molar-refractivity contribution >= 4 is 5.78 Å². The predicted octanol–water partition coefficient (Wildman–Crippen LogP) is 0.975. The number of ether oxygens (including phenoxy) is 2. The van der Waals surface area contributed by atoms with Crippen LogP contribution in [0.3, 0.4) is 0 Å². The van der Waals surface area contributed by atoms with Gasteiger partial charge < -0.3 is 9.47 Å². The molecule has 1 rings (SSSR count). The van der Waals surface area contributed by atoms with Crippen molar-refractivity contribution in [2.24, 2.45) is 5.92 Å². The van der Waals surface area contributed by atoms with Gasteiger partial charge >= 0.3 is 0 Å². The molecule has 0 N–H and O–H groups in total. The fourth-order valence-electron chi connectivity index (χ4n) is 1.40. The maximum atomic E-state index is 10.8. The van der Waals surface area contributed by atoms with E-state index in [1.54, 1.807) is 21.1 Å². The topological polar surface area (TPSA) is 35.5 Å². The fourth-order valence-corrected chi connectivity index (χ4v) is 1.40. The molecule has 0 atom stereocenters. The molecule has 3 nitrogen and oxygen atoms in total. The van der Waals surface area contributed by atoms with Gasteiger partial charge in [-0.2, -0.15) is 0 Å². The van der Waals surface area contributed by atoms with Gasteiger partial charge in [0, 0.05) is 33.0 Å². The third-order valence-electron chi connectivity index (χ3n) is 2.43. The van der Waals surface area contributed by atoms with Crippen molar-refractivity contribution in [3.63, 3.8) is 0 Å². The largest absolute Gasteiger partial charge is 0.353 e. The summed E-state index contributed by atoms with van der Waals surface area (Å²) in [4.78, 5) is 10.8. The van der Waals surface area contributed by atoms with Gasteiger partial charge in [0.15, 0.2) is 5.79 Å². The van der Waals surface area contributed by atoms with Crippen LogP contribution in [0.5, 0.6) is 0 Å². The lowest BCUT2D eigenvalue weighted by atomic mass is 9.76. The van der Waals surface area contributed by atoms with Gasteiger partial charge in [0.25, 0.3) is 0 Å². The Bertz CT molecular complexity index is 153. The summed E-state index contributed by atoms with van der Waals surface area (Å²) in [5.74, 6) is -0.0827. The molecule has 0 amide bonds. The number of ketones is 1. The lowest BCUT2D eigenvalue weighted by Crippen LogP contribution is -2.49. The first-order valence-corrected chi connectivity index (χ1v) is 3.74. The van der Waals surface area contributed by atoms with E-state index in [4.69, 9.17) is 9.47 Å². The summed E-state index contributed by atoms with van der Waals surface area (Å²) in [6.07, 6.45) is 1.41. The molecule has 0 aromatic heterocycles. The van der Waals surface area contributed by atoms with E-state index < -0.39 is 5.79 Å². The highest BCUT2D eigenvalue weighted by Gasteiger charge is 2.46. The summed E-state index contributed by atoms with van der Waals surface area (Å²) in [5, 5.41) is 0. The average Bonchev–Trinajstić information content (AvgIpc) is 1.87. The lowest BCUT2D eigenvalue weighted by molar-refractivity contribution is -0.266. The van der Waals surface area contributed by atoms with Crippen molar-refractivity contribution in [2.45, 2.75) is 25.6 Å². The van der Waals surface area contributed by atoms with Crippen LogP contribution in [0.1, 0.15) is 19.8 Å². The molecule has 1 fully saturated rings. The third-order valence-corrected chi connectivity index (χ3v) is 2.43. The molecule has 0 aliphatic heterocycles. The van der Waals surface area contributed by atoms with Crippen LogP contribution in [0.15, 0.2) is 0 Å². The molecule has 0 saturated heterocycles. The molecule has 0 radical (unpaired) electrons. The second kappa shape index (κ2) is 2.91. The number of rotatable bonds is 3. The van der Waals surface area contributed by atoms with Crippen LogP contribution in [0, 0.1) is 5.92 Å². The molecule has 64 valence electrons. The van der Waals surface area contributed by atoms with E-state index in [9.17, 15) is 4.79 Å². The Balaban J connectivity index is 2.41. The molecule has 11 heavy (non-hydrogen) atoms. The molecule has 0 heterocycles. The van der Waals surface area contributed by atoms with Gasteiger partial charge in [-0.25, -0.2) is 0 Å². The molecule has 0 aromatic carbocycles. The summed E-state index contributed by atoms with van der Waals surface area (Å²) in [5.41, 5.74) is 0. The van der Waals surface area contributed by atoms with E-state index in [-0.39, 0.29) is 11.7 Å². The molecule has 0 unspecified atom stereocenters. The molecule has 0 spiro atoms. The van der Waals surface area contributed by atoms with Gasteiger partial charge in [-0.05, 0) is 6.92 Å². The van der Waals surface area contributed by atoms with Crippen LogP contribution in [-0.2, 0) is 14.3 Å². The average molecular weight is 158 g/mol. The van der Waals surface area contributed by atoms with E-state index in [2.05, 4.69) is 0 Å². The summed E-state index contributed by atoms with van der Waals surface area (Å²) in [7, 11) is 3.22. The minimum Gasteiger partial charge on any atom is -0.353 e. The minimum atomic E-state index is -0.462. The Morgan fingerprint density at radius 1 is 1.36 bits per heavy atom. The molecular formula is C8H14O3. The van der Waals surface area contributed by atoms with E-state index in [1.807, 2.05) is 0 Å². The van der Waals surface area contributed by atoms with Crippen molar-refractivity contribution in [3.8, 4) is 0 Å². The first-order chi connectivity index (χ1) is 5.13. The van der Waals surface area contributed by atoms with Gasteiger partial charge in [-0.3, -0.25) is 4.79 Å². The maximum absolute atomic E-state index is 10.8. The van der Waals surface area contributed by atoms with Crippen LogP contribution in [0.2, 0.25) is 0 Å². The third kappa shape index (κ3) is 1.44. The van der Waals surface area contributed by atoms with Crippen molar-refractivity contribution in [1.29, 1.82) is 0 Å². The smallest absolute Gasteiger partial charge is 0.168 e. The van der Waals surface area contributed by atoms with Crippen molar-refractivity contribution in [1.82, 2.24) is 0 Å². The van der Waals surface area contributed by atoms with Gasteiger partial charge in [0.2, 0.25) is 0 Å². The minimum absolute atomic E-state index is 0.148. The highest BCUT2D eigenvalue weighted by Crippen LogP contribution is 2.41. The Morgan fingerprint density at radius 3 is 2.09 bits per heavy atom. The second-order valence-electron chi connectivity index (χ2n) is 3.03. The van der Waals surface area contributed by atoms with Crippen LogP contribution in [0.25, 0.3) is 0 Å². The van der Waals surface area contributed by atoms with E-state index in [1.165, 1.54) is 0 Å². The zero-order chi connectivity index (χ0) is 8.48. The van der Waals surface area contributed by atoms with E-state index in [0.29, 0.717) is 12.8 Å². The van der Waals surface area contributed by atoms with Crippen LogP contribution in [0.4, 0.5) is 0 Å². The molecule has 3 heteroatoms. The Hall–Kier alpha value is -0.410. The Morgan fingerprint density at radius 2 is 1.82 bits per heavy atom. The predicted molar refractivity (Wildman–Crippen MR) is 40.2 cm³/mol. The number of carbonyl (C=O) groups excluding carboxylic acids is 1. The van der Waals surface area contributed by atoms with E-state index >= 15 is 0 Å². The van der Waals surface area contributed by atoms with Gasteiger partial charge in [0.1, 0.15) is 5.78 Å². The molecule has 1 aliphatic carbocycles. The number of carbonyl (C=O) groups is 1. The summed E-state index contributed by atoms with van der Waals surface area (Å²) >= 11 is 0. The Labute approximate surface area is 66.7 Å². The number of methoxy groups -OCH3 is 2. The molecule has 0 aromatic rings. The summed E-state index contributed by atoms with van der Waals surface area (Å²) in [6.45, 7) is 1.61. The molecule has 1 saturated carbocycles. The maximum Gasteiger partial charge on any atom is 0.168 e. The van der Waals surface area contributed by atoms with Crippen LogP contribution in [-0.4, -0.2) is 25.8 Å². The lowest BCUT2D eigenvalue weighted by Gasteiger charge is -2.43. The summed E-state index contributed by atoms with van der Waals surface area (Å²) < 4.78 is 10.3. The number of Topliss-reactive ketones (excluding diaryl/α,β-unsaturated/α-hetero) is 1. The monoisotopic (exact) mass is 158 g/mol. The SMILES string of the molecule is COC1(OC)CC(C(C)=O)C1. The van der Waals surface area contributed by atoms with Gasteiger partial charge in [-0.1, -0.05) is 0 Å². The summed E-state index contributed by atoms with van der Waals surface area (Å²) in [6, 6.07) is 0. The highest BCUT2D eigenvalue weighted by molar-refractivity contribution is 5.79. The quantitative estimate of drug-likeness (QED) is 0.574. The zero-order valence-electron chi connectivity index (χ0n) is 7.22. The fraction of sp³-hybridized carbons (Fsp3) is 0.875. The van der Waals surface area contributed by atoms with Crippen LogP contribution >= 0.6 is 0 Å². The second-order valence-corrected chi connectivity index (χ2v) is 3.03. The van der Waals surface area contributed by atoms with Crippen molar-refractivity contribution in [2.75, 3.05) is 14.2 Å². The van der Waals surface area contributed by atoms with Gasteiger partial charge in [0.05, 0.1) is 0 Å². The molecular weight excluding hydrogens is 144 g/mol. The normalized spacial score (nSPS) is 22.8. The van der Waals surface area contributed by atoms with Gasteiger partial charge in [-0.15, -0.1) is 0 Å². The Kier molecular flexibility index (Phi) is 2.30.